The Labute approximate surface area is 205 Å². The van der Waals surface area contributed by atoms with Crippen LogP contribution in [0.4, 0.5) is 13.2 Å². The van der Waals surface area contributed by atoms with Crippen molar-refractivity contribution in [3.8, 4) is 11.4 Å². The number of halogens is 4. The number of alkyl halides is 3. The second-order valence-electron chi connectivity index (χ2n) is 8.37. The number of pyridine rings is 2. The summed E-state index contributed by atoms with van der Waals surface area (Å²) >= 11 is 0. The smallest absolute Gasteiger partial charge is 0.433 e. The summed E-state index contributed by atoms with van der Waals surface area (Å²) in [4.78, 5) is 16.2. The van der Waals surface area contributed by atoms with Gasteiger partial charge in [-0.15, -0.1) is 12.4 Å². The van der Waals surface area contributed by atoms with Crippen molar-refractivity contribution in [2.75, 3.05) is 6.54 Å². The molecule has 1 aromatic carbocycles. The third-order valence-electron chi connectivity index (χ3n) is 6.18. The first-order valence-corrected chi connectivity index (χ1v) is 11.0. The van der Waals surface area contributed by atoms with Crippen LogP contribution in [0.2, 0.25) is 0 Å². The molecule has 0 bridgehead atoms. The Kier molecular flexibility index (Phi) is 6.91. The van der Waals surface area contributed by atoms with E-state index in [1.54, 1.807) is 16.8 Å². The van der Waals surface area contributed by atoms with Crippen molar-refractivity contribution in [1.82, 2.24) is 19.4 Å². The molecule has 0 radical (unpaired) electrons. The van der Waals surface area contributed by atoms with Gasteiger partial charge in [0.1, 0.15) is 18.1 Å². The normalized spacial score (nSPS) is 13.7. The maximum absolute atomic E-state index is 12.8. The van der Waals surface area contributed by atoms with E-state index in [2.05, 4.69) is 28.0 Å². The van der Waals surface area contributed by atoms with Gasteiger partial charge >= 0.3 is 6.18 Å². The molecule has 0 fully saturated rings. The molecule has 3 aromatic heterocycles. The van der Waals surface area contributed by atoms with Crippen LogP contribution in [0, 0.1) is 0 Å². The number of aromatic nitrogens is 3. The zero-order chi connectivity index (χ0) is 23.9. The van der Waals surface area contributed by atoms with Crippen molar-refractivity contribution < 1.29 is 17.9 Å². The van der Waals surface area contributed by atoms with E-state index in [1.165, 1.54) is 28.8 Å². The molecular formula is C25H24ClF3N4O2. The first kappa shape index (κ1) is 24.8. The molecule has 10 heteroatoms. The number of rotatable bonds is 4. The Bertz CT molecular complexity index is 1410. The fraction of sp³-hybridized carbons (Fsp3) is 0.280. The van der Waals surface area contributed by atoms with E-state index in [0.29, 0.717) is 11.3 Å². The monoisotopic (exact) mass is 504 g/mol. The maximum Gasteiger partial charge on any atom is 0.433 e. The maximum atomic E-state index is 12.8. The molecule has 5 rings (SSSR count). The Morgan fingerprint density at radius 2 is 1.97 bits per heavy atom. The van der Waals surface area contributed by atoms with Gasteiger partial charge in [-0.25, -0.2) is 0 Å². The second-order valence-corrected chi connectivity index (χ2v) is 8.37. The van der Waals surface area contributed by atoms with Crippen LogP contribution >= 0.6 is 12.4 Å². The number of aryl methyl sites for hydroxylation is 1. The van der Waals surface area contributed by atoms with E-state index >= 15 is 0 Å². The molecule has 0 unspecified atom stereocenters. The third kappa shape index (κ3) is 4.92. The topological polar surface area (TPSA) is 61.1 Å². The van der Waals surface area contributed by atoms with Gasteiger partial charge in [0.25, 0.3) is 5.56 Å². The van der Waals surface area contributed by atoms with E-state index in [9.17, 15) is 18.0 Å². The molecule has 0 saturated heterocycles. The lowest BCUT2D eigenvalue weighted by molar-refractivity contribution is -0.141. The molecule has 184 valence electrons. The van der Waals surface area contributed by atoms with Crippen LogP contribution in [0.25, 0.3) is 16.6 Å². The predicted molar refractivity (Wildman–Crippen MR) is 129 cm³/mol. The van der Waals surface area contributed by atoms with Gasteiger partial charge in [-0.05, 0) is 49.2 Å². The number of fused-ring (bicyclic) bond motifs is 3. The fourth-order valence-electron chi connectivity index (χ4n) is 4.42. The Morgan fingerprint density at radius 1 is 1.14 bits per heavy atom. The van der Waals surface area contributed by atoms with Crippen molar-refractivity contribution in [1.29, 1.82) is 0 Å². The van der Waals surface area contributed by atoms with E-state index in [0.717, 1.165) is 49.4 Å². The highest BCUT2D eigenvalue weighted by molar-refractivity contribution is 5.87. The number of nitrogens with one attached hydrogen (secondary N) is 1. The highest BCUT2D eigenvalue weighted by Crippen LogP contribution is 2.30. The Balaban J connectivity index is 0.00000289. The lowest BCUT2D eigenvalue weighted by Gasteiger charge is -2.10. The molecule has 0 amide bonds. The quantitative estimate of drug-likeness (QED) is 0.434. The predicted octanol–water partition coefficient (Wildman–Crippen LogP) is 4.78. The molecule has 0 aliphatic carbocycles. The molecule has 1 aliphatic rings. The van der Waals surface area contributed by atoms with Gasteiger partial charge in [-0.3, -0.25) is 14.3 Å². The van der Waals surface area contributed by atoms with Crippen LogP contribution in [0.1, 0.15) is 28.9 Å². The van der Waals surface area contributed by atoms with E-state index < -0.39 is 11.9 Å². The van der Waals surface area contributed by atoms with Gasteiger partial charge in [-0.1, -0.05) is 12.1 Å². The Hall–Kier alpha value is -3.30. The van der Waals surface area contributed by atoms with E-state index in [1.807, 2.05) is 12.1 Å². The van der Waals surface area contributed by atoms with Crippen molar-refractivity contribution in [2.45, 2.75) is 32.2 Å². The van der Waals surface area contributed by atoms with Crippen LogP contribution in [0.3, 0.4) is 0 Å². The molecule has 4 aromatic rings. The molecule has 35 heavy (non-hydrogen) atoms. The summed E-state index contributed by atoms with van der Waals surface area (Å²) in [6, 6.07) is 11.3. The van der Waals surface area contributed by atoms with Crippen LogP contribution in [-0.2, 0) is 32.8 Å². The van der Waals surface area contributed by atoms with Crippen molar-refractivity contribution in [2.24, 2.45) is 7.05 Å². The molecule has 4 heterocycles. The standard InChI is InChI=1S/C25H23F3N4O2.ClH/c1-31-21-3-2-9-29-14-20(21)19-6-5-17(11-22(19)31)32-10-8-18(12-24(32)33)34-15-16-4-7-23(30-13-16)25(26,27)28;/h4-8,10-13,29H,2-3,9,14-15H2,1H3;1H. The molecule has 1 N–H and O–H groups in total. The zero-order valence-corrected chi connectivity index (χ0v) is 19.7. The van der Waals surface area contributed by atoms with Gasteiger partial charge in [-0.2, -0.15) is 13.2 Å². The number of benzene rings is 1. The van der Waals surface area contributed by atoms with Crippen molar-refractivity contribution in [3.05, 3.63) is 87.7 Å². The number of hydrogen-bond acceptors (Lipinski definition) is 4. The molecule has 0 spiro atoms. The van der Waals surface area contributed by atoms with Gasteiger partial charge in [0.15, 0.2) is 0 Å². The van der Waals surface area contributed by atoms with Crippen molar-refractivity contribution >= 4 is 23.3 Å². The summed E-state index contributed by atoms with van der Waals surface area (Å²) in [6.45, 7) is 1.85. The summed E-state index contributed by atoms with van der Waals surface area (Å²) in [6.07, 6.45) is 0.383. The first-order valence-electron chi connectivity index (χ1n) is 11.0. The van der Waals surface area contributed by atoms with Crippen LogP contribution in [0.5, 0.6) is 5.75 Å². The molecule has 1 aliphatic heterocycles. The summed E-state index contributed by atoms with van der Waals surface area (Å²) in [5.41, 5.74) is 3.72. The lowest BCUT2D eigenvalue weighted by Crippen LogP contribution is -2.17. The van der Waals surface area contributed by atoms with Gasteiger partial charge in [0, 0.05) is 48.7 Å². The minimum absolute atomic E-state index is 0. The average Bonchev–Trinajstić information content (AvgIpc) is 2.96. The highest BCUT2D eigenvalue weighted by atomic mass is 35.5. The minimum atomic E-state index is -4.48. The highest BCUT2D eigenvalue weighted by Gasteiger charge is 2.32. The number of nitrogens with zero attached hydrogens (tertiary/aromatic N) is 3. The molecule has 0 saturated carbocycles. The summed E-state index contributed by atoms with van der Waals surface area (Å²) in [7, 11) is 2.06. The molecule has 6 nitrogen and oxygen atoms in total. The minimum Gasteiger partial charge on any atom is -0.489 e. The molecular weight excluding hydrogens is 481 g/mol. The zero-order valence-electron chi connectivity index (χ0n) is 18.9. The fourth-order valence-corrected chi connectivity index (χ4v) is 4.42. The third-order valence-corrected chi connectivity index (χ3v) is 6.18. The van der Waals surface area contributed by atoms with Gasteiger partial charge < -0.3 is 14.6 Å². The van der Waals surface area contributed by atoms with Gasteiger partial charge in [0.2, 0.25) is 0 Å². The largest absolute Gasteiger partial charge is 0.489 e. The van der Waals surface area contributed by atoms with E-state index in [4.69, 9.17) is 4.74 Å². The summed E-state index contributed by atoms with van der Waals surface area (Å²) in [5, 5.41) is 4.66. The first-order chi connectivity index (χ1) is 16.3. The summed E-state index contributed by atoms with van der Waals surface area (Å²) < 4.78 is 47.3. The SMILES string of the molecule is Cl.Cn1c2c(c3ccc(-n4ccc(OCc5ccc(C(F)(F)F)nc5)cc4=O)cc31)CNCCC2. The van der Waals surface area contributed by atoms with E-state index in [-0.39, 0.29) is 24.6 Å². The lowest BCUT2D eigenvalue weighted by atomic mass is 10.1. The Morgan fingerprint density at radius 3 is 2.69 bits per heavy atom. The number of ether oxygens (including phenoxy) is 1. The van der Waals surface area contributed by atoms with Gasteiger partial charge in [0.05, 0.1) is 11.2 Å². The second kappa shape index (κ2) is 9.75. The average molecular weight is 505 g/mol. The number of hydrogen-bond donors (Lipinski definition) is 1. The summed E-state index contributed by atoms with van der Waals surface area (Å²) in [5.74, 6) is 0.332. The van der Waals surface area contributed by atoms with Crippen LogP contribution in [0.15, 0.2) is 59.7 Å². The van der Waals surface area contributed by atoms with Crippen molar-refractivity contribution in [3.63, 3.8) is 0 Å². The molecule has 0 atom stereocenters. The van der Waals surface area contributed by atoms with Crippen LogP contribution < -0.4 is 15.6 Å². The van der Waals surface area contributed by atoms with Crippen LogP contribution in [-0.4, -0.2) is 20.7 Å².